The van der Waals surface area contributed by atoms with Crippen molar-refractivity contribution in [1.29, 1.82) is 0 Å². The molecule has 0 aliphatic rings. The zero-order valence-corrected chi connectivity index (χ0v) is 10.9. The minimum Gasteiger partial charge on any atom is -0.480 e. The first-order valence-corrected chi connectivity index (χ1v) is 6.06. The van der Waals surface area contributed by atoms with Crippen LogP contribution in [0.3, 0.4) is 0 Å². The summed E-state index contributed by atoms with van der Waals surface area (Å²) in [7, 11) is 0. The molecular weight excluding hydrogens is 250 g/mol. The number of aromatic nitrogens is 1. The van der Waals surface area contributed by atoms with E-state index < -0.39 is 16.9 Å². The lowest BCUT2D eigenvalue weighted by molar-refractivity contribution is -0.385. The quantitative estimate of drug-likeness (QED) is 0.580. The van der Waals surface area contributed by atoms with E-state index in [1.807, 2.05) is 6.92 Å². The number of aryl methyl sites for hydroxylation is 1. The van der Waals surface area contributed by atoms with Gasteiger partial charge >= 0.3 is 5.97 Å². The molecule has 0 fully saturated rings. The van der Waals surface area contributed by atoms with Gasteiger partial charge in [0.1, 0.15) is 11.9 Å². The van der Waals surface area contributed by atoms with Crippen LogP contribution in [0.25, 0.3) is 0 Å². The summed E-state index contributed by atoms with van der Waals surface area (Å²) in [4.78, 5) is 25.3. The van der Waals surface area contributed by atoms with Crippen LogP contribution in [0.5, 0.6) is 0 Å². The molecule has 2 N–H and O–H groups in total. The van der Waals surface area contributed by atoms with E-state index in [1.165, 1.54) is 12.3 Å². The van der Waals surface area contributed by atoms with E-state index in [1.54, 1.807) is 6.92 Å². The number of nitrogens with zero attached hydrogens (tertiary/aromatic N) is 2. The molecule has 7 heteroatoms. The van der Waals surface area contributed by atoms with Gasteiger partial charge in [-0.15, -0.1) is 0 Å². The molecule has 1 aromatic heterocycles. The topological polar surface area (TPSA) is 105 Å². The number of unbranched alkanes of at least 4 members (excludes halogenated alkanes) is 1. The van der Waals surface area contributed by atoms with Crippen LogP contribution in [0, 0.1) is 17.0 Å². The Hall–Kier alpha value is -2.18. The number of rotatable bonds is 7. The maximum atomic E-state index is 11.1. The Balaban J connectivity index is 2.87. The fourth-order valence-electron chi connectivity index (χ4n) is 1.63. The molecular formula is C12H17N3O4. The summed E-state index contributed by atoms with van der Waals surface area (Å²) >= 11 is 0. The molecule has 1 unspecified atom stereocenters. The van der Waals surface area contributed by atoms with E-state index in [9.17, 15) is 14.9 Å². The standard InChI is InChI=1S/C12H17N3O4/c1-3-4-5-9(12(16)17)14-11-6-10(15(18)19)8(2)7-13-11/h6-7,9H,3-5H2,1-2H3,(H,13,14)(H,16,17). The lowest BCUT2D eigenvalue weighted by Gasteiger charge is -2.14. The first-order chi connectivity index (χ1) is 8.95. The number of carboxylic acids is 1. The summed E-state index contributed by atoms with van der Waals surface area (Å²) in [5.74, 6) is -0.778. The van der Waals surface area contributed by atoms with Crippen molar-refractivity contribution < 1.29 is 14.8 Å². The van der Waals surface area contributed by atoms with Crippen molar-refractivity contribution in [2.75, 3.05) is 5.32 Å². The van der Waals surface area contributed by atoms with E-state index in [2.05, 4.69) is 10.3 Å². The third-order valence-corrected chi connectivity index (χ3v) is 2.74. The Kier molecular flexibility index (Phi) is 5.23. The number of hydrogen-bond donors (Lipinski definition) is 2. The largest absolute Gasteiger partial charge is 0.480 e. The highest BCUT2D eigenvalue weighted by Crippen LogP contribution is 2.20. The van der Waals surface area contributed by atoms with E-state index in [-0.39, 0.29) is 11.5 Å². The highest BCUT2D eigenvalue weighted by molar-refractivity contribution is 5.77. The molecule has 0 saturated carbocycles. The molecule has 1 atom stereocenters. The Morgan fingerprint density at radius 3 is 2.84 bits per heavy atom. The molecule has 1 heterocycles. The SMILES string of the molecule is CCCCC(Nc1cc([N+](=O)[O-])c(C)cn1)C(=O)O. The number of nitro groups is 1. The predicted molar refractivity (Wildman–Crippen MR) is 70.2 cm³/mol. The van der Waals surface area contributed by atoms with Gasteiger partial charge in [-0.2, -0.15) is 0 Å². The second-order valence-electron chi connectivity index (χ2n) is 4.29. The zero-order valence-electron chi connectivity index (χ0n) is 10.9. The van der Waals surface area contributed by atoms with Crippen LogP contribution in [0.4, 0.5) is 11.5 Å². The first-order valence-electron chi connectivity index (χ1n) is 6.06. The predicted octanol–water partition coefficient (Wildman–Crippen LogP) is 2.35. The van der Waals surface area contributed by atoms with Gasteiger partial charge in [0.15, 0.2) is 0 Å². The van der Waals surface area contributed by atoms with Crippen molar-refractivity contribution in [2.24, 2.45) is 0 Å². The number of aliphatic carboxylic acids is 1. The molecule has 0 radical (unpaired) electrons. The van der Waals surface area contributed by atoms with Gasteiger partial charge in [-0.3, -0.25) is 10.1 Å². The van der Waals surface area contributed by atoms with Gasteiger partial charge in [-0.05, 0) is 13.3 Å². The lowest BCUT2D eigenvalue weighted by Crippen LogP contribution is -2.29. The number of pyridine rings is 1. The van der Waals surface area contributed by atoms with Crippen LogP contribution in [-0.2, 0) is 4.79 Å². The smallest absolute Gasteiger partial charge is 0.326 e. The number of hydrogen-bond acceptors (Lipinski definition) is 5. The fraction of sp³-hybridized carbons (Fsp3) is 0.500. The van der Waals surface area contributed by atoms with Gasteiger partial charge in [0.25, 0.3) is 5.69 Å². The number of carbonyl (C=O) groups is 1. The van der Waals surface area contributed by atoms with Crippen molar-refractivity contribution in [1.82, 2.24) is 4.98 Å². The van der Waals surface area contributed by atoms with E-state index in [4.69, 9.17) is 5.11 Å². The number of nitrogens with one attached hydrogen (secondary N) is 1. The monoisotopic (exact) mass is 267 g/mol. The van der Waals surface area contributed by atoms with Crippen molar-refractivity contribution in [3.8, 4) is 0 Å². The van der Waals surface area contributed by atoms with Gasteiger partial charge in [0, 0.05) is 11.8 Å². The van der Waals surface area contributed by atoms with Crippen molar-refractivity contribution in [3.05, 3.63) is 27.9 Å². The fourth-order valence-corrected chi connectivity index (χ4v) is 1.63. The van der Waals surface area contributed by atoms with Crippen LogP contribution < -0.4 is 5.32 Å². The van der Waals surface area contributed by atoms with Crippen LogP contribution in [0.15, 0.2) is 12.3 Å². The molecule has 1 aromatic rings. The van der Waals surface area contributed by atoms with E-state index in [0.29, 0.717) is 12.0 Å². The molecule has 0 bridgehead atoms. The highest BCUT2D eigenvalue weighted by atomic mass is 16.6. The van der Waals surface area contributed by atoms with Gasteiger partial charge in [0.2, 0.25) is 0 Å². The molecule has 19 heavy (non-hydrogen) atoms. The average molecular weight is 267 g/mol. The molecule has 0 amide bonds. The summed E-state index contributed by atoms with van der Waals surface area (Å²) in [6, 6.07) is 0.479. The van der Waals surface area contributed by atoms with Crippen molar-refractivity contribution in [2.45, 2.75) is 39.2 Å². The minimum atomic E-state index is -0.988. The second-order valence-corrected chi connectivity index (χ2v) is 4.29. The second kappa shape index (κ2) is 6.67. The molecule has 104 valence electrons. The summed E-state index contributed by atoms with van der Waals surface area (Å²) in [6.45, 7) is 3.55. The van der Waals surface area contributed by atoms with Crippen molar-refractivity contribution >= 4 is 17.5 Å². The Bertz CT molecular complexity index is 476. The Labute approximate surface area is 110 Å². The number of anilines is 1. The van der Waals surface area contributed by atoms with Crippen LogP contribution in [0.2, 0.25) is 0 Å². The van der Waals surface area contributed by atoms with Gasteiger partial charge in [-0.1, -0.05) is 19.8 Å². The molecule has 0 spiro atoms. The molecule has 1 rings (SSSR count). The number of carboxylic acid groups (broad SMARTS) is 1. The summed E-state index contributed by atoms with van der Waals surface area (Å²) in [5.41, 5.74) is 0.369. The van der Waals surface area contributed by atoms with Gasteiger partial charge in [0.05, 0.1) is 11.0 Å². The van der Waals surface area contributed by atoms with Crippen LogP contribution in [-0.4, -0.2) is 27.0 Å². The van der Waals surface area contributed by atoms with Crippen molar-refractivity contribution in [3.63, 3.8) is 0 Å². The zero-order chi connectivity index (χ0) is 14.4. The maximum absolute atomic E-state index is 11.1. The minimum absolute atomic E-state index is 0.0721. The summed E-state index contributed by atoms with van der Waals surface area (Å²) < 4.78 is 0. The maximum Gasteiger partial charge on any atom is 0.326 e. The molecule has 0 aliphatic heterocycles. The molecule has 0 aliphatic carbocycles. The molecule has 0 saturated heterocycles. The average Bonchev–Trinajstić information content (AvgIpc) is 2.35. The van der Waals surface area contributed by atoms with Gasteiger partial charge in [-0.25, -0.2) is 9.78 Å². The Morgan fingerprint density at radius 2 is 2.32 bits per heavy atom. The van der Waals surface area contributed by atoms with E-state index in [0.717, 1.165) is 12.8 Å². The van der Waals surface area contributed by atoms with Crippen LogP contribution in [0.1, 0.15) is 31.7 Å². The first kappa shape index (κ1) is 14.9. The van der Waals surface area contributed by atoms with Gasteiger partial charge < -0.3 is 10.4 Å². The molecule has 0 aromatic carbocycles. The van der Waals surface area contributed by atoms with E-state index >= 15 is 0 Å². The third-order valence-electron chi connectivity index (χ3n) is 2.74. The van der Waals surface area contributed by atoms with Crippen LogP contribution >= 0.6 is 0 Å². The Morgan fingerprint density at radius 1 is 1.63 bits per heavy atom. The summed E-state index contributed by atoms with van der Waals surface area (Å²) in [5, 5.41) is 22.6. The normalized spacial score (nSPS) is 11.9. The third kappa shape index (κ3) is 4.20. The molecule has 7 nitrogen and oxygen atoms in total. The lowest BCUT2D eigenvalue weighted by atomic mass is 10.1. The highest BCUT2D eigenvalue weighted by Gasteiger charge is 2.19. The summed E-state index contributed by atoms with van der Waals surface area (Å²) in [6.07, 6.45) is 3.46.